The summed E-state index contributed by atoms with van der Waals surface area (Å²) in [5.41, 5.74) is 2.86. The number of ether oxygens (including phenoxy) is 1. The minimum atomic E-state index is -0.490. The lowest BCUT2D eigenvalue weighted by molar-refractivity contribution is 0.181. The first-order valence-corrected chi connectivity index (χ1v) is 10.6. The van der Waals surface area contributed by atoms with Gasteiger partial charge in [0.1, 0.15) is 23.5 Å². The van der Waals surface area contributed by atoms with Crippen LogP contribution in [0.15, 0.2) is 49.1 Å². The Labute approximate surface area is 199 Å². The number of likely N-dealkylation sites (N-methyl/N-ethyl adjacent to an activating group) is 1. The summed E-state index contributed by atoms with van der Waals surface area (Å²) < 4.78 is 19.3. The Balaban J connectivity index is 0.00000228. The summed E-state index contributed by atoms with van der Waals surface area (Å²) in [5, 5.41) is 16.5. The van der Waals surface area contributed by atoms with E-state index in [1.165, 1.54) is 18.5 Å². The van der Waals surface area contributed by atoms with Crippen molar-refractivity contribution < 1.29 is 16.8 Å². The van der Waals surface area contributed by atoms with Crippen molar-refractivity contribution in [3.05, 3.63) is 66.1 Å². The average Bonchev–Trinajstić information content (AvgIpc) is 3.13. The van der Waals surface area contributed by atoms with E-state index >= 15 is 0 Å². The molecule has 1 fully saturated rings. The van der Waals surface area contributed by atoms with E-state index in [0.717, 1.165) is 17.6 Å². The first-order valence-electron chi connectivity index (χ1n) is 10.6. The zero-order valence-corrected chi connectivity index (χ0v) is 18.7. The molecular formula is C23H29FN8O2. The Morgan fingerprint density at radius 1 is 1.26 bits per heavy atom. The molecule has 0 radical (unpaired) electrons. The van der Waals surface area contributed by atoms with Gasteiger partial charge in [0, 0.05) is 51.4 Å². The number of hydrogen-bond acceptors (Lipinski definition) is 8. The third-order valence-electron chi connectivity index (χ3n) is 5.24. The van der Waals surface area contributed by atoms with E-state index in [0.29, 0.717) is 35.9 Å². The number of hydrogen-bond donors (Lipinski definition) is 4. The lowest BCUT2D eigenvalue weighted by atomic mass is 10.2. The smallest absolute Gasteiger partial charge is 0.320 e. The molecule has 10 nitrogen and oxygen atoms in total. The second-order valence-corrected chi connectivity index (χ2v) is 8.03. The molecule has 4 heterocycles. The van der Waals surface area contributed by atoms with Crippen molar-refractivity contribution >= 4 is 29.4 Å². The van der Waals surface area contributed by atoms with Crippen molar-refractivity contribution in [3.8, 4) is 5.75 Å². The fraction of sp³-hybridized carbons (Fsp3) is 0.261. The van der Waals surface area contributed by atoms with E-state index in [9.17, 15) is 9.18 Å². The highest BCUT2D eigenvalue weighted by Crippen LogP contribution is 2.22. The van der Waals surface area contributed by atoms with Gasteiger partial charge in [0.25, 0.3) is 0 Å². The van der Waals surface area contributed by atoms with Crippen LogP contribution in [0.25, 0.3) is 0 Å². The van der Waals surface area contributed by atoms with Crippen LogP contribution in [0.3, 0.4) is 0 Å². The fourth-order valence-corrected chi connectivity index (χ4v) is 3.71. The Hall–Kier alpha value is -4.12. The molecule has 0 unspecified atom stereocenters. The van der Waals surface area contributed by atoms with Gasteiger partial charge in [0.15, 0.2) is 0 Å². The molecule has 3 aromatic heterocycles. The van der Waals surface area contributed by atoms with Gasteiger partial charge in [-0.1, -0.05) is 0 Å². The number of carbonyl (C=O) groups excluding carboxylic acids is 1. The number of anilines is 3. The van der Waals surface area contributed by atoms with Crippen molar-refractivity contribution in [2.24, 2.45) is 0 Å². The van der Waals surface area contributed by atoms with E-state index in [1.54, 1.807) is 18.5 Å². The number of rotatable bonds is 7. The average molecular weight is 469 g/mol. The molecule has 0 aromatic carbocycles. The van der Waals surface area contributed by atoms with Crippen molar-refractivity contribution in [2.45, 2.75) is 19.1 Å². The first-order chi connectivity index (χ1) is 16.4. The number of halogens is 1. The van der Waals surface area contributed by atoms with Gasteiger partial charge in [0.05, 0.1) is 30.3 Å². The molecule has 2 atom stereocenters. The number of aryl methyl sites for hydroxylation is 1. The molecule has 1 saturated heterocycles. The maximum atomic E-state index is 13.4. The van der Waals surface area contributed by atoms with Crippen LogP contribution in [-0.2, 0) is 0 Å². The van der Waals surface area contributed by atoms with Gasteiger partial charge in [-0.3, -0.25) is 15.3 Å². The quantitative estimate of drug-likeness (QED) is 0.391. The molecule has 180 valence electrons. The molecule has 0 aliphatic carbocycles. The zero-order valence-electron chi connectivity index (χ0n) is 18.7. The topological polar surface area (TPSA) is 128 Å². The molecule has 0 saturated carbocycles. The molecule has 3 aromatic rings. The number of aromatic nitrogens is 3. The minimum Gasteiger partial charge on any atom is -0.485 e. The summed E-state index contributed by atoms with van der Waals surface area (Å²) >= 11 is 0. The Kier molecular flexibility index (Phi) is 6.93. The Morgan fingerprint density at radius 3 is 2.88 bits per heavy atom. The standard InChI is InChI=1S/C23H25FN8O2.2H2/c1-14-5-17(3-4-27-14)29-19-11-28-22(6-15(19)8-25)31-23(33)30-20-12-32(2)13-21(20)34-18-7-16(24)9-26-10-18;;/h3-11,20-21,25H,12-13H2,1-2H3,(H,27,29)(H2,28,30,31,33);2*1H/t20-,21-;;/m0../s1. The van der Waals surface area contributed by atoms with E-state index in [-0.39, 0.29) is 15.0 Å². The summed E-state index contributed by atoms with van der Waals surface area (Å²) in [6.07, 6.45) is 6.59. The van der Waals surface area contributed by atoms with Crippen LogP contribution < -0.4 is 20.7 Å². The van der Waals surface area contributed by atoms with Crippen LogP contribution in [0, 0.1) is 18.2 Å². The molecule has 4 N–H and O–H groups in total. The highest BCUT2D eigenvalue weighted by molar-refractivity contribution is 5.92. The van der Waals surface area contributed by atoms with Gasteiger partial charge in [0.2, 0.25) is 0 Å². The zero-order chi connectivity index (χ0) is 24.1. The van der Waals surface area contributed by atoms with Crippen LogP contribution in [-0.4, -0.2) is 64.4 Å². The van der Waals surface area contributed by atoms with Crippen molar-refractivity contribution in [1.82, 2.24) is 25.2 Å². The first kappa shape index (κ1) is 23.1. The highest BCUT2D eigenvalue weighted by atomic mass is 19.1. The van der Waals surface area contributed by atoms with Gasteiger partial charge in [-0.05, 0) is 32.2 Å². The van der Waals surface area contributed by atoms with E-state index < -0.39 is 11.8 Å². The summed E-state index contributed by atoms with van der Waals surface area (Å²) in [5.74, 6) is 0.110. The maximum absolute atomic E-state index is 13.4. The second kappa shape index (κ2) is 10.2. The van der Waals surface area contributed by atoms with Crippen molar-refractivity contribution in [1.29, 1.82) is 5.41 Å². The summed E-state index contributed by atoms with van der Waals surface area (Å²) in [6, 6.07) is 5.78. The van der Waals surface area contributed by atoms with Crippen molar-refractivity contribution in [3.63, 3.8) is 0 Å². The fourth-order valence-electron chi connectivity index (χ4n) is 3.71. The largest absolute Gasteiger partial charge is 0.485 e. The third kappa shape index (κ3) is 5.81. The molecule has 34 heavy (non-hydrogen) atoms. The van der Waals surface area contributed by atoms with E-state index in [1.807, 2.05) is 31.0 Å². The number of urea groups is 1. The lowest BCUT2D eigenvalue weighted by Crippen LogP contribution is -2.47. The van der Waals surface area contributed by atoms with Crippen LogP contribution in [0.4, 0.5) is 26.4 Å². The molecule has 1 aliphatic heterocycles. The Morgan fingerprint density at radius 2 is 2.12 bits per heavy atom. The van der Waals surface area contributed by atoms with Crippen LogP contribution in [0.2, 0.25) is 0 Å². The molecule has 0 spiro atoms. The number of pyridine rings is 3. The van der Waals surface area contributed by atoms with Gasteiger partial charge >= 0.3 is 6.03 Å². The number of nitrogens with one attached hydrogen (secondary N) is 4. The van der Waals surface area contributed by atoms with Crippen LogP contribution in [0.5, 0.6) is 5.75 Å². The SMILES string of the molecule is Cc1cc(Nc2cnc(NC(=O)N[C@H]3CN(C)C[C@@H]3Oc3cncc(F)c3)cc2C=N)ccn1.[HH].[HH]. The van der Waals surface area contributed by atoms with E-state index in [4.69, 9.17) is 10.1 Å². The second-order valence-electron chi connectivity index (χ2n) is 8.03. The summed E-state index contributed by atoms with van der Waals surface area (Å²) in [4.78, 5) is 26.9. The van der Waals surface area contributed by atoms with Gasteiger partial charge in [-0.2, -0.15) is 0 Å². The predicted octanol–water partition coefficient (Wildman–Crippen LogP) is 3.44. The minimum absolute atomic E-state index is 0. The van der Waals surface area contributed by atoms with Gasteiger partial charge in [-0.15, -0.1) is 0 Å². The van der Waals surface area contributed by atoms with E-state index in [2.05, 4.69) is 30.9 Å². The highest BCUT2D eigenvalue weighted by Gasteiger charge is 2.34. The number of nitrogens with zero attached hydrogens (tertiary/aromatic N) is 4. The van der Waals surface area contributed by atoms with Crippen LogP contribution in [0.1, 0.15) is 14.1 Å². The summed E-state index contributed by atoms with van der Waals surface area (Å²) in [6.45, 7) is 3.01. The van der Waals surface area contributed by atoms with Gasteiger partial charge < -0.3 is 25.7 Å². The van der Waals surface area contributed by atoms with Crippen molar-refractivity contribution in [2.75, 3.05) is 30.8 Å². The molecule has 0 bridgehead atoms. The van der Waals surface area contributed by atoms with Gasteiger partial charge in [-0.25, -0.2) is 14.2 Å². The third-order valence-corrected chi connectivity index (χ3v) is 5.24. The molecule has 1 aliphatic rings. The number of carbonyl (C=O) groups is 1. The molecule has 11 heteroatoms. The molecule has 4 rings (SSSR count). The number of likely N-dealkylation sites (tertiary alicyclic amines) is 1. The lowest BCUT2D eigenvalue weighted by Gasteiger charge is -2.21. The molecular weight excluding hydrogens is 439 g/mol. The molecule has 2 amide bonds. The monoisotopic (exact) mass is 468 g/mol. The predicted molar refractivity (Wildman–Crippen MR) is 131 cm³/mol. The summed E-state index contributed by atoms with van der Waals surface area (Å²) in [7, 11) is 1.91. The number of amides is 2. The van der Waals surface area contributed by atoms with Crippen LogP contribution >= 0.6 is 0 Å². The normalized spacial score (nSPS) is 17.7. The maximum Gasteiger partial charge on any atom is 0.320 e. The Bertz CT molecular complexity index is 1200.